The van der Waals surface area contributed by atoms with E-state index in [9.17, 15) is 4.79 Å². The van der Waals surface area contributed by atoms with Crippen molar-refractivity contribution < 1.29 is 18.4 Å². The van der Waals surface area contributed by atoms with Gasteiger partial charge in [-0.1, -0.05) is 80.6 Å². The summed E-state index contributed by atoms with van der Waals surface area (Å²) in [5, 5.41) is 0. The van der Waals surface area contributed by atoms with Crippen LogP contribution >= 0.6 is 0 Å². The monoisotopic (exact) mass is 370 g/mol. The fourth-order valence-corrected chi connectivity index (χ4v) is 4.93. The molecule has 0 aliphatic carbocycles. The molecular weight excluding hydrogens is 344 g/mol. The molecule has 0 aromatic heterocycles. The summed E-state index contributed by atoms with van der Waals surface area (Å²) in [5.74, 6) is -0.519. The summed E-state index contributed by atoms with van der Waals surface area (Å²) in [6, 6.07) is 20.2. The zero-order valence-corrected chi connectivity index (χ0v) is 16.4. The first kappa shape index (κ1) is 20.1. The number of ether oxygens (including phenoxy) is 1. The van der Waals surface area contributed by atoms with Crippen LogP contribution in [0.15, 0.2) is 73.3 Å². The van der Waals surface area contributed by atoms with Crippen molar-refractivity contribution in [3.63, 3.8) is 0 Å². The Labute approximate surface area is 156 Å². The number of esters is 1. The molecule has 0 spiro atoms. The minimum atomic E-state index is -2.57. The van der Waals surface area contributed by atoms with Gasteiger partial charge in [-0.05, 0) is 18.2 Å². The van der Waals surface area contributed by atoms with E-state index in [2.05, 4.69) is 13.5 Å². The second-order valence-corrected chi connectivity index (χ2v) is 9.45. The van der Waals surface area contributed by atoms with Crippen LogP contribution < -0.4 is 0 Å². The van der Waals surface area contributed by atoms with Gasteiger partial charge in [-0.15, -0.1) is 0 Å². The van der Waals surface area contributed by atoms with Crippen LogP contribution in [0.5, 0.6) is 0 Å². The first-order chi connectivity index (χ1) is 12.6. The van der Waals surface area contributed by atoms with Gasteiger partial charge in [0, 0.05) is 11.6 Å². The first-order valence-electron chi connectivity index (χ1n) is 8.80. The fraction of sp³-hybridized carbons (Fsp3) is 0.286. The highest BCUT2D eigenvalue weighted by Gasteiger charge is 2.35. The molecule has 4 nitrogen and oxygen atoms in total. The molecular formula is C21H26O4Si. The number of carbonyl (C=O) groups is 1. The third-order valence-corrected chi connectivity index (χ3v) is 6.78. The van der Waals surface area contributed by atoms with Gasteiger partial charge in [-0.2, -0.15) is 0 Å². The van der Waals surface area contributed by atoms with Crippen molar-refractivity contribution in [2.45, 2.75) is 38.8 Å². The molecule has 0 saturated heterocycles. The quantitative estimate of drug-likeness (QED) is 0.252. The normalized spacial score (nSPS) is 14.2. The van der Waals surface area contributed by atoms with Gasteiger partial charge in [0.15, 0.2) is 0 Å². The summed E-state index contributed by atoms with van der Waals surface area (Å²) in [5.41, 5.74) is 1.87. The Morgan fingerprint density at radius 3 is 2.31 bits per heavy atom. The Morgan fingerprint density at radius 1 is 1.12 bits per heavy atom. The van der Waals surface area contributed by atoms with Gasteiger partial charge in [-0.25, -0.2) is 4.79 Å². The molecule has 5 heteroatoms. The molecule has 0 fully saturated rings. The predicted molar refractivity (Wildman–Crippen MR) is 105 cm³/mol. The number of rotatable bonds is 10. The van der Waals surface area contributed by atoms with Crippen LogP contribution in [0.3, 0.4) is 0 Å². The Bertz CT molecular complexity index is 690. The fourth-order valence-electron chi connectivity index (χ4n) is 2.58. The number of hydrogen-bond acceptors (Lipinski definition) is 4. The first-order valence-corrected chi connectivity index (χ1v) is 11.3. The highest BCUT2D eigenvalue weighted by molar-refractivity contribution is 6.66. The van der Waals surface area contributed by atoms with E-state index in [0.717, 1.165) is 29.7 Å². The van der Waals surface area contributed by atoms with Crippen molar-refractivity contribution in [3.8, 4) is 0 Å². The summed E-state index contributed by atoms with van der Waals surface area (Å²) >= 11 is 0. The largest absolute Gasteiger partial charge is 0.429 e. The lowest BCUT2D eigenvalue weighted by atomic mass is 10.2. The Hall–Kier alpha value is -2.21. The molecule has 0 amide bonds. The van der Waals surface area contributed by atoms with E-state index >= 15 is 0 Å². The number of carbonyl (C=O) groups excluding carboxylic acids is 1. The molecule has 2 rings (SSSR count). The molecule has 0 N–H and O–H groups in total. The van der Waals surface area contributed by atoms with Crippen molar-refractivity contribution in [3.05, 3.63) is 84.4 Å². The average Bonchev–Trinajstić information content (AvgIpc) is 2.67. The minimum Gasteiger partial charge on any atom is -0.429 e. The van der Waals surface area contributed by atoms with E-state index in [1.807, 2.05) is 67.2 Å². The molecule has 0 bridgehead atoms. The summed E-state index contributed by atoms with van der Waals surface area (Å²) < 4.78 is 18.0. The van der Waals surface area contributed by atoms with Crippen LogP contribution in [0.1, 0.15) is 30.8 Å². The number of hydrogen-bond donors (Lipinski definition) is 0. The van der Waals surface area contributed by atoms with Gasteiger partial charge in [0.05, 0.1) is 6.61 Å². The predicted octanol–water partition coefficient (Wildman–Crippen LogP) is 5.13. The SMILES string of the molecule is C=CC(=O)OC(O[Si](C)(CCC)OCc1ccccc1)c1ccccc1. The van der Waals surface area contributed by atoms with Crippen LogP contribution in [0.2, 0.25) is 12.6 Å². The average molecular weight is 371 g/mol. The molecule has 0 saturated carbocycles. The highest BCUT2D eigenvalue weighted by atomic mass is 28.4. The topological polar surface area (TPSA) is 44.8 Å². The van der Waals surface area contributed by atoms with E-state index in [4.69, 9.17) is 13.6 Å². The Kier molecular flexibility index (Phi) is 7.78. The maximum Gasteiger partial charge on any atom is 0.338 e. The molecule has 0 radical (unpaired) electrons. The van der Waals surface area contributed by atoms with E-state index in [-0.39, 0.29) is 0 Å². The van der Waals surface area contributed by atoms with Gasteiger partial charge < -0.3 is 13.6 Å². The summed E-state index contributed by atoms with van der Waals surface area (Å²) in [4.78, 5) is 11.8. The van der Waals surface area contributed by atoms with Crippen LogP contribution in [0, 0.1) is 0 Å². The van der Waals surface area contributed by atoms with E-state index in [0.29, 0.717) is 6.61 Å². The molecule has 0 aliphatic rings. The summed E-state index contributed by atoms with van der Waals surface area (Å²) in [6.07, 6.45) is 1.26. The minimum absolute atomic E-state index is 0.473. The van der Waals surface area contributed by atoms with Gasteiger partial charge in [0.25, 0.3) is 0 Å². The second kappa shape index (κ2) is 10.1. The maximum absolute atomic E-state index is 11.8. The second-order valence-electron chi connectivity index (χ2n) is 6.16. The standard InChI is InChI=1S/C21H26O4Si/c1-4-16-26(3,23-17-18-12-8-6-9-13-18)25-21(24-20(22)5-2)19-14-10-7-11-15-19/h5-15,21H,2,4,16-17H2,1,3H3. The molecule has 0 aliphatic heterocycles. The van der Waals surface area contributed by atoms with Crippen LogP contribution in [-0.2, 0) is 25.0 Å². The maximum atomic E-state index is 11.8. The lowest BCUT2D eigenvalue weighted by Gasteiger charge is -2.31. The zero-order valence-electron chi connectivity index (χ0n) is 15.4. The molecule has 2 aromatic rings. The van der Waals surface area contributed by atoms with Crippen molar-refractivity contribution in [2.75, 3.05) is 0 Å². The smallest absolute Gasteiger partial charge is 0.338 e. The molecule has 26 heavy (non-hydrogen) atoms. The van der Waals surface area contributed by atoms with Crippen LogP contribution in [0.25, 0.3) is 0 Å². The van der Waals surface area contributed by atoms with Crippen molar-refractivity contribution >= 4 is 14.5 Å². The highest BCUT2D eigenvalue weighted by Crippen LogP contribution is 2.28. The Morgan fingerprint density at radius 2 is 1.73 bits per heavy atom. The van der Waals surface area contributed by atoms with E-state index in [1.54, 1.807) is 0 Å². The van der Waals surface area contributed by atoms with Crippen LogP contribution in [0.4, 0.5) is 0 Å². The van der Waals surface area contributed by atoms with Crippen molar-refractivity contribution in [1.29, 1.82) is 0 Å². The van der Waals surface area contributed by atoms with Gasteiger partial charge >= 0.3 is 14.5 Å². The van der Waals surface area contributed by atoms with Crippen molar-refractivity contribution in [1.82, 2.24) is 0 Å². The molecule has 138 valence electrons. The summed E-state index contributed by atoms with van der Waals surface area (Å²) in [7, 11) is -2.57. The molecule has 2 atom stereocenters. The summed E-state index contributed by atoms with van der Waals surface area (Å²) in [6.45, 7) is 8.04. The Balaban J connectivity index is 2.16. The molecule has 2 aromatic carbocycles. The lowest BCUT2D eigenvalue weighted by molar-refractivity contribution is -0.162. The molecule has 2 unspecified atom stereocenters. The van der Waals surface area contributed by atoms with Crippen molar-refractivity contribution in [2.24, 2.45) is 0 Å². The third-order valence-electron chi connectivity index (χ3n) is 3.91. The number of benzene rings is 2. The van der Waals surface area contributed by atoms with Gasteiger partial charge in [0.1, 0.15) is 0 Å². The van der Waals surface area contributed by atoms with E-state index < -0.39 is 20.8 Å². The van der Waals surface area contributed by atoms with Crippen LogP contribution in [-0.4, -0.2) is 14.5 Å². The zero-order chi connectivity index (χ0) is 18.8. The third kappa shape index (κ3) is 6.26. The van der Waals surface area contributed by atoms with E-state index in [1.165, 1.54) is 0 Å². The van der Waals surface area contributed by atoms with Gasteiger partial charge in [-0.3, -0.25) is 0 Å². The van der Waals surface area contributed by atoms with Gasteiger partial charge in [0.2, 0.25) is 6.29 Å². The molecule has 0 heterocycles. The lowest BCUT2D eigenvalue weighted by Crippen LogP contribution is -2.40.